The number of aliphatic hydroxyl groups is 1. The van der Waals surface area contributed by atoms with Crippen LogP contribution in [0.4, 0.5) is 0 Å². The van der Waals surface area contributed by atoms with Crippen molar-refractivity contribution >= 4 is 11.8 Å². The minimum absolute atomic E-state index is 0.0948. The van der Waals surface area contributed by atoms with Gasteiger partial charge in [-0.1, -0.05) is 12.7 Å². The summed E-state index contributed by atoms with van der Waals surface area (Å²) in [5, 5.41) is 8.23. The number of hydrogen-bond donors (Lipinski definition) is 1. The van der Waals surface area contributed by atoms with Gasteiger partial charge in [0.25, 0.3) is 0 Å². The second-order valence-electron chi connectivity index (χ2n) is 1.85. The molecular formula is C7H10O4. The molecule has 0 aromatic rings. The molecule has 4 nitrogen and oxygen atoms in total. The number of carbonyl (C=O) groups excluding carboxylic acids is 2. The molecule has 0 aromatic carbocycles. The van der Waals surface area contributed by atoms with E-state index >= 15 is 0 Å². The van der Waals surface area contributed by atoms with Crippen molar-refractivity contribution in [2.45, 2.75) is 6.42 Å². The Labute approximate surface area is 64.5 Å². The minimum atomic E-state index is -0.635. The van der Waals surface area contributed by atoms with Crippen LogP contribution in [0.3, 0.4) is 0 Å². The zero-order valence-electron chi connectivity index (χ0n) is 6.08. The van der Waals surface area contributed by atoms with Gasteiger partial charge in [-0.3, -0.25) is 9.59 Å². The molecule has 0 aromatic heterocycles. The molecular weight excluding hydrogens is 148 g/mol. The Morgan fingerprint density at radius 2 is 2.18 bits per heavy atom. The van der Waals surface area contributed by atoms with E-state index < -0.39 is 18.4 Å². The molecule has 62 valence electrons. The van der Waals surface area contributed by atoms with Crippen LogP contribution in [0, 0.1) is 0 Å². The van der Waals surface area contributed by atoms with Crippen molar-refractivity contribution in [3.63, 3.8) is 0 Å². The number of ketones is 1. The number of carbonyl (C=O) groups is 2. The molecule has 0 unspecified atom stereocenters. The average Bonchev–Trinajstić information content (AvgIpc) is 2.00. The molecule has 0 fully saturated rings. The smallest absolute Gasteiger partial charge is 0.313 e. The van der Waals surface area contributed by atoms with E-state index in [-0.39, 0.29) is 13.0 Å². The standard InChI is InChI=1S/C7H10O4/c1-2-3-11-7(10)4-6(9)5-8/h2,8H,1,3-5H2. The van der Waals surface area contributed by atoms with E-state index in [0.717, 1.165) is 0 Å². The molecule has 0 radical (unpaired) electrons. The monoisotopic (exact) mass is 158 g/mol. The lowest BCUT2D eigenvalue weighted by Crippen LogP contribution is -2.13. The maximum absolute atomic E-state index is 10.6. The summed E-state index contributed by atoms with van der Waals surface area (Å²) in [6, 6.07) is 0. The molecule has 0 heterocycles. The number of esters is 1. The van der Waals surface area contributed by atoms with E-state index in [2.05, 4.69) is 11.3 Å². The molecule has 0 saturated heterocycles. The van der Waals surface area contributed by atoms with Crippen LogP contribution >= 0.6 is 0 Å². The zero-order valence-corrected chi connectivity index (χ0v) is 6.08. The third-order valence-electron chi connectivity index (χ3n) is 0.880. The van der Waals surface area contributed by atoms with Crippen molar-refractivity contribution in [1.82, 2.24) is 0 Å². The summed E-state index contributed by atoms with van der Waals surface area (Å²) >= 11 is 0. The predicted molar refractivity (Wildman–Crippen MR) is 37.9 cm³/mol. The van der Waals surface area contributed by atoms with Gasteiger partial charge in [-0.2, -0.15) is 0 Å². The molecule has 11 heavy (non-hydrogen) atoms. The van der Waals surface area contributed by atoms with E-state index in [9.17, 15) is 9.59 Å². The first-order chi connectivity index (χ1) is 5.20. The van der Waals surface area contributed by atoms with Crippen LogP contribution in [0.2, 0.25) is 0 Å². The van der Waals surface area contributed by atoms with Crippen LogP contribution in [-0.2, 0) is 14.3 Å². The second-order valence-corrected chi connectivity index (χ2v) is 1.85. The Morgan fingerprint density at radius 3 is 2.64 bits per heavy atom. The molecule has 0 aliphatic carbocycles. The van der Waals surface area contributed by atoms with Crippen LogP contribution in [0.5, 0.6) is 0 Å². The van der Waals surface area contributed by atoms with Gasteiger partial charge in [-0.15, -0.1) is 0 Å². The van der Waals surface area contributed by atoms with Crippen molar-refractivity contribution < 1.29 is 19.4 Å². The maximum Gasteiger partial charge on any atom is 0.313 e. The fourth-order valence-electron chi connectivity index (χ4n) is 0.420. The lowest BCUT2D eigenvalue weighted by Gasteiger charge is -1.98. The molecule has 0 saturated carbocycles. The van der Waals surface area contributed by atoms with Crippen molar-refractivity contribution in [2.24, 2.45) is 0 Å². The van der Waals surface area contributed by atoms with Crippen LogP contribution in [0.1, 0.15) is 6.42 Å². The summed E-state index contributed by atoms with van der Waals surface area (Å²) in [7, 11) is 0. The van der Waals surface area contributed by atoms with Gasteiger partial charge in [0, 0.05) is 0 Å². The van der Waals surface area contributed by atoms with Gasteiger partial charge in [0.1, 0.15) is 19.6 Å². The summed E-state index contributed by atoms with van der Waals surface area (Å²) in [6.45, 7) is 2.79. The third-order valence-corrected chi connectivity index (χ3v) is 0.880. The van der Waals surface area contributed by atoms with Gasteiger partial charge >= 0.3 is 5.97 Å². The molecule has 0 amide bonds. The number of hydrogen-bond acceptors (Lipinski definition) is 4. The Balaban J connectivity index is 3.51. The van der Waals surface area contributed by atoms with E-state index in [1.54, 1.807) is 0 Å². The van der Waals surface area contributed by atoms with Crippen LogP contribution < -0.4 is 0 Å². The van der Waals surface area contributed by atoms with E-state index in [1.165, 1.54) is 6.08 Å². The Morgan fingerprint density at radius 1 is 1.55 bits per heavy atom. The number of ether oxygens (including phenoxy) is 1. The van der Waals surface area contributed by atoms with Crippen LogP contribution in [0.25, 0.3) is 0 Å². The fourth-order valence-corrected chi connectivity index (χ4v) is 0.420. The van der Waals surface area contributed by atoms with Gasteiger partial charge in [0.2, 0.25) is 0 Å². The first-order valence-electron chi connectivity index (χ1n) is 3.09. The van der Waals surface area contributed by atoms with Gasteiger partial charge in [0.05, 0.1) is 0 Å². The number of aliphatic hydroxyl groups excluding tert-OH is 1. The quantitative estimate of drug-likeness (QED) is 0.338. The van der Waals surface area contributed by atoms with Crippen LogP contribution in [-0.4, -0.2) is 30.1 Å². The van der Waals surface area contributed by atoms with Crippen molar-refractivity contribution in [3.8, 4) is 0 Å². The molecule has 0 spiro atoms. The summed E-state index contributed by atoms with van der Waals surface area (Å²) in [5.74, 6) is -1.18. The normalized spacial score (nSPS) is 8.82. The van der Waals surface area contributed by atoms with Gasteiger partial charge in [-0.25, -0.2) is 0 Å². The third kappa shape index (κ3) is 5.29. The van der Waals surface area contributed by atoms with Crippen molar-refractivity contribution in [3.05, 3.63) is 12.7 Å². The Kier molecular flexibility index (Phi) is 5.02. The first-order valence-corrected chi connectivity index (χ1v) is 3.09. The van der Waals surface area contributed by atoms with E-state index in [4.69, 9.17) is 5.11 Å². The summed E-state index contributed by atoms with van der Waals surface area (Å²) in [4.78, 5) is 21.0. The Hall–Kier alpha value is -1.16. The highest BCUT2D eigenvalue weighted by atomic mass is 16.5. The minimum Gasteiger partial charge on any atom is -0.461 e. The van der Waals surface area contributed by atoms with Crippen molar-refractivity contribution in [2.75, 3.05) is 13.2 Å². The average molecular weight is 158 g/mol. The van der Waals surface area contributed by atoms with Gasteiger partial charge in [-0.05, 0) is 0 Å². The fraction of sp³-hybridized carbons (Fsp3) is 0.429. The van der Waals surface area contributed by atoms with Gasteiger partial charge < -0.3 is 9.84 Å². The second kappa shape index (κ2) is 5.61. The van der Waals surface area contributed by atoms with Crippen molar-refractivity contribution in [1.29, 1.82) is 0 Å². The van der Waals surface area contributed by atoms with E-state index in [1.807, 2.05) is 0 Å². The number of rotatable bonds is 5. The highest BCUT2D eigenvalue weighted by Crippen LogP contribution is 1.87. The van der Waals surface area contributed by atoms with Crippen LogP contribution in [0.15, 0.2) is 12.7 Å². The molecule has 4 heteroatoms. The first kappa shape index (κ1) is 9.84. The molecule has 0 atom stereocenters. The predicted octanol–water partition coefficient (Wildman–Crippen LogP) is -0.333. The topological polar surface area (TPSA) is 63.6 Å². The molecule has 1 N–H and O–H groups in total. The molecule has 0 bridgehead atoms. The maximum atomic E-state index is 10.6. The summed E-state index contributed by atoms with van der Waals surface area (Å²) < 4.78 is 4.47. The highest BCUT2D eigenvalue weighted by molar-refractivity contribution is 5.96. The van der Waals surface area contributed by atoms with E-state index in [0.29, 0.717) is 0 Å². The van der Waals surface area contributed by atoms with Gasteiger partial charge in [0.15, 0.2) is 5.78 Å². The SMILES string of the molecule is C=CCOC(=O)CC(=O)CO. The lowest BCUT2D eigenvalue weighted by molar-refractivity contribution is -0.145. The number of Topliss-reactive ketones (excluding diaryl/α,β-unsaturated/α-hetero) is 1. The molecule has 0 aliphatic heterocycles. The summed E-state index contributed by atoms with van der Waals surface area (Å²) in [5.41, 5.74) is 0. The highest BCUT2D eigenvalue weighted by Gasteiger charge is 2.07. The largest absolute Gasteiger partial charge is 0.461 e. The molecule has 0 aliphatic rings. The summed E-state index contributed by atoms with van der Waals surface area (Å²) in [6.07, 6.45) is 1.03. The lowest BCUT2D eigenvalue weighted by atomic mass is 10.3. The molecule has 0 rings (SSSR count). The Bertz CT molecular complexity index is 162. The zero-order chi connectivity index (χ0) is 8.69.